The zero-order chi connectivity index (χ0) is 13.0. The van der Waals surface area contributed by atoms with E-state index < -0.39 is 0 Å². The fourth-order valence-corrected chi connectivity index (χ4v) is 1.62. The standard InChI is InChI=1S/C14H14N2O2/c1-2-11-13(17)9-8-12(14(11)18)16-15-10-6-4-3-5-7-10/h3-9,17-18H,2H2,1H3/p-2. The molecular weight excluding hydrogens is 228 g/mol. The molecule has 0 fully saturated rings. The van der Waals surface area contributed by atoms with E-state index >= 15 is 0 Å². The summed E-state index contributed by atoms with van der Waals surface area (Å²) in [7, 11) is 0. The average Bonchev–Trinajstić information content (AvgIpc) is 2.40. The van der Waals surface area contributed by atoms with Gasteiger partial charge in [0, 0.05) is 0 Å². The van der Waals surface area contributed by atoms with Crippen LogP contribution in [0.3, 0.4) is 0 Å². The molecule has 0 aliphatic heterocycles. The second-order valence-electron chi connectivity index (χ2n) is 3.78. The van der Waals surface area contributed by atoms with Crippen molar-refractivity contribution < 1.29 is 10.2 Å². The van der Waals surface area contributed by atoms with Crippen LogP contribution in [0.25, 0.3) is 0 Å². The lowest BCUT2D eigenvalue weighted by atomic mass is 10.1. The fourth-order valence-electron chi connectivity index (χ4n) is 1.62. The van der Waals surface area contributed by atoms with Crippen LogP contribution in [-0.2, 0) is 6.42 Å². The summed E-state index contributed by atoms with van der Waals surface area (Å²) in [6.07, 6.45) is 0.409. The van der Waals surface area contributed by atoms with E-state index in [4.69, 9.17) is 0 Å². The van der Waals surface area contributed by atoms with Crippen LogP contribution in [0.5, 0.6) is 11.5 Å². The van der Waals surface area contributed by atoms with Crippen LogP contribution in [0.2, 0.25) is 0 Å². The van der Waals surface area contributed by atoms with E-state index in [1.807, 2.05) is 18.2 Å². The summed E-state index contributed by atoms with van der Waals surface area (Å²) in [5.41, 5.74) is 1.14. The van der Waals surface area contributed by atoms with Gasteiger partial charge < -0.3 is 10.2 Å². The Balaban J connectivity index is 2.33. The zero-order valence-electron chi connectivity index (χ0n) is 9.96. The molecule has 0 bridgehead atoms. The molecule has 92 valence electrons. The largest absolute Gasteiger partial charge is 0.872 e. The Morgan fingerprint density at radius 2 is 1.67 bits per heavy atom. The molecule has 0 amide bonds. The predicted octanol–water partition coefficient (Wildman–Crippen LogP) is 2.81. The van der Waals surface area contributed by atoms with Gasteiger partial charge in [-0.05, 0) is 24.6 Å². The molecule has 0 radical (unpaired) electrons. The number of nitrogens with zero attached hydrogens (tertiary/aromatic N) is 2. The first-order chi connectivity index (χ1) is 8.72. The maximum atomic E-state index is 11.9. The highest BCUT2D eigenvalue weighted by Gasteiger charge is 1.98. The monoisotopic (exact) mass is 240 g/mol. The Labute approximate surface area is 105 Å². The van der Waals surface area contributed by atoms with Crippen molar-refractivity contribution in [2.24, 2.45) is 10.2 Å². The van der Waals surface area contributed by atoms with Gasteiger partial charge in [-0.1, -0.05) is 42.5 Å². The summed E-state index contributed by atoms with van der Waals surface area (Å²) in [5, 5.41) is 31.2. The van der Waals surface area contributed by atoms with Gasteiger partial charge >= 0.3 is 0 Å². The first-order valence-corrected chi connectivity index (χ1v) is 5.69. The molecular formula is C14H12N2O2-2. The van der Waals surface area contributed by atoms with Crippen molar-refractivity contribution in [2.45, 2.75) is 13.3 Å². The molecule has 4 nitrogen and oxygen atoms in total. The molecule has 0 saturated carbocycles. The summed E-state index contributed by atoms with van der Waals surface area (Å²) in [4.78, 5) is 0. The molecule has 2 aromatic rings. The number of benzene rings is 2. The molecule has 18 heavy (non-hydrogen) atoms. The maximum Gasteiger partial charge on any atom is 0.0857 e. The third-order valence-electron chi connectivity index (χ3n) is 2.58. The molecule has 2 rings (SSSR count). The Bertz CT molecular complexity index is 566. The molecule has 0 aliphatic carbocycles. The van der Waals surface area contributed by atoms with Crippen molar-refractivity contribution in [3.63, 3.8) is 0 Å². The minimum Gasteiger partial charge on any atom is -0.872 e. The van der Waals surface area contributed by atoms with Crippen molar-refractivity contribution in [3.05, 3.63) is 48.0 Å². The second kappa shape index (κ2) is 5.31. The Kier molecular flexibility index (Phi) is 3.57. The summed E-state index contributed by atoms with van der Waals surface area (Å²) in [6.45, 7) is 1.77. The lowest BCUT2D eigenvalue weighted by Gasteiger charge is -2.21. The molecule has 4 heteroatoms. The van der Waals surface area contributed by atoms with E-state index in [1.165, 1.54) is 12.1 Å². The van der Waals surface area contributed by atoms with Gasteiger partial charge in [-0.3, -0.25) is 0 Å². The molecule has 0 atom stereocenters. The van der Waals surface area contributed by atoms with E-state index in [0.29, 0.717) is 12.1 Å². The number of hydrogen-bond donors (Lipinski definition) is 0. The van der Waals surface area contributed by atoms with Gasteiger partial charge in [0.2, 0.25) is 0 Å². The van der Waals surface area contributed by atoms with Gasteiger partial charge in [-0.15, -0.1) is 5.75 Å². The summed E-state index contributed by atoms with van der Waals surface area (Å²) < 4.78 is 0. The minimum atomic E-state index is -0.329. The molecule has 0 heterocycles. The molecule has 0 aromatic heterocycles. The first kappa shape index (κ1) is 12.1. The van der Waals surface area contributed by atoms with Gasteiger partial charge in [-0.25, -0.2) is 0 Å². The average molecular weight is 240 g/mol. The summed E-state index contributed by atoms with van der Waals surface area (Å²) in [6, 6.07) is 11.9. The van der Waals surface area contributed by atoms with Crippen molar-refractivity contribution in [1.82, 2.24) is 0 Å². The predicted molar refractivity (Wildman–Crippen MR) is 65.3 cm³/mol. The van der Waals surface area contributed by atoms with Crippen LogP contribution in [0.15, 0.2) is 52.7 Å². The number of hydrogen-bond acceptors (Lipinski definition) is 4. The summed E-state index contributed by atoms with van der Waals surface area (Å²) in [5.74, 6) is -0.564. The van der Waals surface area contributed by atoms with E-state index in [1.54, 1.807) is 19.1 Å². The Morgan fingerprint density at radius 1 is 0.944 bits per heavy atom. The van der Waals surface area contributed by atoms with Crippen molar-refractivity contribution in [1.29, 1.82) is 0 Å². The Morgan fingerprint density at radius 3 is 2.33 bits per heavy atom. The van der Waals surface area contributed by atoms with Crippen LogP contribution >= 0.6 is 0 Å². The van der Waals surface area contributed by atoms with Gasteiger partial charge in [0.25, 0.3) is 0 Å². The lowest BCUT2D eigenvalue weighted by Crippen LogP contribution is -2.02. The molecule has 0 aliphatic rings. The smallest absolute Gasteiger partial charge is 0.0857 e. The van der Waals surface area contributed by atoms with Crippen molar-refractivity contribution in [2.75, 3.05) is 0 Å². The van der Waals surface area contributed by atoms with Crippen LogP contribution in [0.1, 0.15) is 12.5 Å². The van der Waals surface area contributed by atoms with E-state index in [0.717, 1.165) is 0 Å². The van der Waals surface area contributed by atoms with Gasteiger partial charge in [0.1, 0.15) is 0 Å². The number of rotatable bonds is 3. The van der Waals surface area contributed by atoms with Gasteiger partial charge in [-0.2, -0.15) is 10.2 Å². The highest BCUT2D eigenvalue weighted by Crippen LogP contribution is 2.33. The van der Waals surface area contributed by atoms with Crippen LogP contribution in [-0.4, -0.2) is 0 Å². The van der Waals surface area contributed by atoms with E-state index in [2.05, 4.69) is 10.2 Å². The second-order valence-corrected chi connectivity index (χ2v) is 3.78. The molecule has 0 spiro atoms. The SMILES string of the molecule is CCc1c([O-])ccc(N=Nc2ccccc2)c1[O-]. The zero-order valence-corrected chi connectivity index (χ0v) is 9.96. The quantitative estimate of drug-likeness (QED) is 0.774. The molecule has 0 unspecified atom stereocenters. The highest BCUT2D eigenvalue weighted by molar-refractivity contribution is 5.58. The first-order valence-electron chi connectivity index (χ1n) is 5.69. The van der Waals surface area contributed by atoms with Gasteiger partial charge in [0.05, 0.1) is 11.4 Å². The molecule has 0 saturated heterocycles. The Hall–Kier alpha value is -2.36. The van der Waals surface area contributed by atoms with Crippen molar-refractivity contribution >= 4 is 11.4 Å². The molecule has 2 aromatic carbocycles. The minimum absolute atomic E-state index is 0.204. The van der Waals surface area contributed by atoms with E-state index in [9.17, 15) is 10.2 Å². The third-order valence-corrected chi connectivity index (χ3v) is 2.58. The van der Waals surface area contributed by atoms with Crippen LogP contribution in [0.4, 0.5) is 11.4 Å². The van der Waals surface area contributed by atoms with Crippen LogP contribution in [0, 0.1) is 0 Å². The van der Waals surface area contributed by atoms with Crippen LogP contribution < -0.4 is 10.2 Å². The topological polar surface area (TPSA) is 70.8 Å². The fraction of sp³-hybridized carbons (Fsp3) is 0.143. The molecule has 0 N–H and O–H groups in total. The van der Waals surface area contributed by atoms with Gasteiger partial charge in [0.15, 0.2) is 0 Å². The number of azo groups is 1. The third kappa shape index (κ3) is 2.48. The lowest BCUT2D eigenvalue weighted by molar-refractivity contribution is -0.281. The van der Waals surface area contributed by atoms with Crippen molar-refractivity contribution in [3.8, 4) is 11.5 Å². The summed E-state index contributed by atoms with van der Waals surface area (Å²) >= 11 is 0. The normalized spacial score (nSPS) is 10.9. The maximum absolute atomic E-state index is 11.9. The highest BCUT2D eigenvalue weighted by atomic mass is 16.3. The van der Waals surface area contributed by atoms with E-state index in [-0.39, 0.29) is 22.7 Å².